The van der Waals surface area contributed by atoms with Crippen LogP contribution in [0.15, 0.2) is 51.8 Å². The maximum absolute atomic E-state index is 12.5. The molecule has 11 heteroatoms. The van der Waals surface area contributed by atoms with Gasteiger partial charge in [0.25, 0.3) is 5.91 Å². The van der Waals surface area contributed by atoms with Gasteiger partial charge in [-0.3, -0.25) is 10.1 Å². The number of carbonyl (C=O) groups is 1. The third-order valence-corrected chi connectivity index (χ3v) is 7.02. The van der Waals surface area contributed by atoms with E-state index in [4.69, 9.17) is 28.6 Å². The summed E-state index contributed by atoms with van der Waals surface area (Å²) in [5.41, 5.74) is 0.538. The number of halogens is 2. The van der Waals surface area contributed by atoms with Crippen LogP contribution in [0.3, 0.4) is 0 Å². The number of hydrogen-bond donors (Lipinski definition) is 2. The molecule has 0 radical (unpaired) electrons. The Bertz CT molecular complexity index is 1010. The molecule has 0 saturated carbocycles. The van der Waals surface area contributed by atoms with Crippen molar-refractivity contribution in [3.63, 3.8) is 0 Å². The molecular weight excluding hydrogens is 514 g/mol. The lowest BCUT2D eigenvalue weighted by molar-refractivity contribution is -0.121. The number of nitrogens with one attached hydrogen (secondary N) is 2. The van der Waals surface area contributed by atoms with Crippen molar-refractivity contribution < 1.29 is 17.9 Å². The van der Waals surface area contributed by atoms with Crippen LogP contribution in [0.4, 0.5) is 5.69 Å². The normalized spacial score (nSPS) is 11.2. The van der Waals surface area contributed by atoms with Gasteiger partial charge >= 0.3 is 0 Å². The van der Waals surface area contributed by atoms with Gasteiger partial charge in [0.15, 0.2) is 11.7 Å². The zero-order chi connectivity index (χ0) is 22.3. The van der Waals surface area contributed by atoms with Crippen molar-refractivity contribution in [2.75, 3.05) is 25.0 Å². The summed E-state index contributed by atoms with van der Waals surface area (Å²) in [6.45, 7) is 4.08. The number of ether oxygens (including phenoxy) is 1. The predicted molar refractivity (Wildman–Crippen MR) is 126 cm³/mol. The summed E-state index contributed by atoms with van der Waals surface area (Å²) in [6, 6.07) is 11.2. The summed E-state index contributed by atoms with van der Waals surface area (Å²) in [5.74, 6) is -0.0916. The average Bonchev–Trinajstić information content (AvgIpc) is 2.68. The summed E-state index contributed by atoms with van der Waals surface area (Å²) in [5, 5.41) is 5.75. The molecule has 0 aromatic heterocycles. The fourth-order valence-corrected chi connectivity index (χ4v) is 4.90. The Morgan fingerprint density at radius 3 is 2.37 bits per heavy atom. The number of carbonyl (C=O) groups excluding carboxylic acids is 1. The van der Waals surface area contributed by atoms with E-state index in [1.165, 1.54) is 16.4 Å². The first kappa shape index (κ1) is 24.5. The van der Waals surface area contributed by atoms with Crippen LogP contribution in [-0.2, 0) is 14.8 Å². The molecule has 0 fully saturated rings. The SMILES string of the molecule is CCN(CC)S(=O)(=O)c1ccc(NC(=S)NC(=O)COc2ccc(Br)cc2Cl)cc1. The Labute approximate surface area is 194 Å². The highest BCUT2D eigenvalue weighted by molar-refractivity contribution is 9.10. The number of anilines is 1. The molecule has 1 amide bonds. The van der Waals surface area contributed by atoms with Crippen molar-refractivity contribution in [1.29, 1.82) is 0 Å². The van der Waals surface area contributed by atoms with E-state index >= 15 is 0 Å². The minimum Gasteiger partial charge on any atom is -0.482 e. The molecule has 0 spiro atoms. The minimum atomic E-state index is -3.53. The van der Waals surface area contributed by atoms with Gasteiger partial charge in [0, 0.05) is 23.2 Å². The quantitative estimate of drug-likeness (QED) is 0.497. The molecule has 0 aliphatic heterocycles. The molecular formula is C19H21BrClN3O4S2. The first-order valence-corrected chi connectivity index (χ1v) is 12.0. The number of sulfonamides is 1. The lowest BCUT2D eigenvalue weighted by Gasteiger charge is -2.18. The highest BCUT2D eigenvalue weighted by Crippen LogP contribution is 2.27. The number of nitrogens with zero attached hydrogens (tertiary/aromatic N) is 1. The van der Waals surface area contributed by atoms with Gasteiger partial charge in [-0.2, -0.15) is 4.31 Å². The van der Waals surface area contributed by atoms with Crippen molar-refractivity contribution in [2.45, 2.75) is 18.7 Å². The summed E-state index contributed by atoms with van der Waals surface area (Å²) in [4.78, 5) is 12.2. The van der Waals surface area contributed by atoms with E-state index < -0.39 is 15.9 Å². The number of hydrogen-bond acceptors (Lipinski definition) is 5. The average molecular weight is 535 g/mol. The van der Waals surface area contributed by atoms with Crippen LogP contribution in [-0.4, -0.2) is 43.4 Å². The van der Waals surface area contributed by atoms with E-state index in [1.807, 2.05) is 0 Å². The smallest absolute Gasteiger partial charge is 0.264 e. The van der Waals surface area contributed by atoms with Gasteiger partial charge in [0.1, 0.15) is 5.75 Å². The Balaban J connectivity index is 1.90. The van der Waals surface area contributed by atoms with E-state index in [2.05, 4.69) is 26.6 Å². The first-order valence-electron chi connectivity index (χ1n) is 8.96. The Kier molecular flexibility index (Phi) is 9.05. The highest BCUT2D eigenvalue weighted by atomic mass is 79.9. The van der Waals surface area contributed by atoms with Crippen LogP contribution in [0.5, 0.6) is 5.75 Å². The Hall–Kier alpha value is -1.72. The van der Waals surface area contributed by atoms with E-state index in [0.717, 1.165) is 4.47 Å². The molecule has 2 N–H and O–H groups in total. The third kappa shape index (κ3) is 6.64. The van der Waals surface area contributed by atoms with Crippen molar-refractivity contribution in [3.05, 3.63) is 52.0 Å². The van der Waals surface area contributed by atoms with E-state index in [9.17, 15) is 13.2 Å². The summed E-state index contributed by atoms with van der Waals surface area (Å²) < 4.78 is 32.6. The van der Waals surface area contributed by atoms with Gasteiger partial charge in [-0.15, -0.1) is 0 Å². The highest BCUT2D eigenvalue weighted by Gasteiger charge is 2.21. The van der Waals surface area contributed by atoms with Crippen molar-refractivity contribution in [1.82, 2.24) is 9.62 Å². The minimum absolute atomic E-state index is 0.0600. The van der Waals surface area contributed by atoms with Crippen LogP contribution in [0.2, 0.25) is 5.02 Å². The summed E-state index contributed by atoms with van der Waals surface area (Å²) in [7, 11) is -3.53. The zero-order valence-electron chi connectivity index (χ0n) is 16.3. The fraction of sp³-hybridized carbons (Fsp3) is 0.263. The number of amides is 1. The summed E-state index contributed by atoms with van der Waals surface area (Å²) in [6.07, 6.45) is 0. The predicted octanol–water partition coefficient (Wildman–Crippen LogP) is 4.03. The maximum atomic E-state index is 12.5. The lowest BCUT2D eigenvalue weighted by Crippen LogP contribution is -2.37. The van der Waals surface area contributed by atoms with Gasteiger partial charge in [-0.05, 0) is 54.7 Å². The second-order valence-electron chi connectivity index (χ2n) is 5.98. The van der Waals surface area contributed by atoms with Crippen LogP contribution in [0, 0.1) is 0 Å². The van der Waals surface area contributed by atoms with Crippen molar-refractivity contribution in [2.24, 2.45) is 0 Å². The second kappa shape index (κ2) is 11.1. The molecule has 0 aliphatic rings. The van der Waals surface area contributed by atoms with Gasteiger partial charge in [0.05, 0.1) is 9.92 Å². The van der Waals surface area contributed by atoms with E-state index in [1.54, 1.807) is 44.2 Å². The van der Waals surface area contributed by atoms with E-state index in [-0.39, 0.29) is 16.6 Å². The van der Waals surface area contributed by atoms with Gasteiger partial charge in [0.2, 0.25) is 10.0 Å². The van der Waals surface area contributed by atoms with Crippen molar-refractivity contribution in [3.8, 4) is 5.75 Å². The number of rotatable bonds is 8. The largest absolute Gasteiger partial charge is 0.482 e. The molecule has 0 bridgehead atoms. The van der Waals surface area contributed by atoms with Gasteiger partial charge in [-0.25, -0.2) is 8.42 Å². The second-order valence-corrected chi connectivity index (χ2v) is 9.65. The number of benzene rings is 2. The topological polar surface area (TPSA) is 87.7 Å². The maximum Gasteiger partial charge on any atom is 0.264 e. The molecule has 0 aliphatic carbocycles. The van der Waals surface area contributed by atoms with Crippen molar-refractivity contribution >= 4 is 66.5 Å². The van der Waals surface area contributed by atoms with Crippen LogP contribution < -0.4 is 15.4 Å². The summed E-state index contributed by atoms with van der Waals surface area (Å²) >= 11 is 14.4. The molecule has 0 unspecified atom stereocenters. The van der Waals surface area contributed by atoms with Crippen LogP contribution in [0.25, 0.3) is 0 Å². The third-order valence-electron chi connectivity index (χ3n) is 3.96. The lowest BCUT2D eigenvalue weighted by atomic mass is 10.3. The molecule has 2 aromatic carbocycles. The molecule has 0 heterocycles. The standard InChI is InChI=1S/C19H21BrClN3O4S2/c1-3-24(4-2)30(26,27)15-8-6-14(7-9-15)22-19(29)23-18(25)12-28-17-10-5-13(20)11-16(17)21/h5-11H,3-4,12H2,1-2H3,(H2,22,23,25,29). The molecule has 0 saturated heterocycles. The number of thiocarbonyl (C=S) groups is 1. The molecule has 30 heavy (non-hydrogen) atoms. The molecule has 2 aromatic rings. The van der Waals surface area contributed by atoms with Crippen LogP contribution >= 0.6 is 39.7 Å². The molecule has 162 valence electrons. The van der Waals surface area contributed by atoms with E-state index in [0.29, 0.717) is 29.5 Å². The zero-order valence-corrected chi connectivity index (χ0v) is 20.3. The van der Waals surface area contributed by atoms with Gasteiger partial charge < -0.3 is 10.1 Å². The molecule has 2 rings (SSSR count). The van der Waals surface area contributed by atoms with Crippen LogP contribution in [0.1, 0.15) is 13.8 Å². The fourth-order valence-electron chi connectivity index (χ4n) is 2.48. The monoisotopic (exact) mass is 533 g/mol. The Morgan fingerprint density at radius 1 is 1.17 bits per heavy atom. The Morgan fingerprint density at radius 2 is 1.80 bits per heavy atom. The molecule has 7 nitrogen and oxygen atoms in total. The molecule has 0 atom stereocenters. The first-order chi connectivity index (χ1) is 14.2. The van der Waals surface area contributed by atoms with Gasteiger partial charge in [-0.1, -0.05) is 41.4 Å².